The summed E-state index contributed by atoms with van der Waals surface area (Å²) in [6, 6.07) is 7.98. The SMILES string of the molecule is Cc1noc([C@@H]2CCCN2C(=O)c2ccc(CN3CCCCC3)cc2)n1. The lowest BCUT2D eigenvalue weighted by Crippen LogP contribution is -2.31. The van der Waals surface area contributed by atoms with Crippen LogP contribution >= 0.6 is 0 Å². The molecule has 3 heterocycles. The Bertz CT molecular complexity index is 749. The molecule has 6 nitrogen and oxygen atoms in total. The molecule has 0 spiro atoms. The van der Waals surface area contributed by atoms with Crippen molar-refractivity contribution in [3.05, 3.63) is 47.1 Å². The van der Waals surface area contributed by atoms with Gasteiger partial charge in [-0.3, -0.25) is 9.69 Å². The third-order valence-electron chi connectivity index (χ3n) is 5.40. The van der Waals surface area contributed by atoms with E-state index in [1.54, 1.807) is 6.92 Å². The van der Waals surface area contributed by atoms with Crippen molar-refractivity contribution in [1.82, 2.24) is 19.9 Å². The molecule has 1 aromatic heterocycles. The molecular weight excluding hydrogens is 328 g/mol. The number of amides is 1. The molecular formula is C20H26N4O2. The van der Waals surface area contributed by atoms with E-state index in [9.17, 15) is 4.79 Å². The molecule has 0 radical (unpaired) electrons. The first-order valence-corrected chi connectivity index (χ1v) is 9.63. The number of hydrogen-bond acceptors (Lipinski definition) is 5. The summed E-state index contributed by atoms with van der Waals surface area (Å²) in [5.41, 5.74) is 2.00. The van der Waals surface area contributed by atoms with Gasteiger partial charge in [0.25, 0.3) is 5.91 Å². The van der Waals surface area contributed by atoms with Gasteiger partial charge in [-0.2, -0.15) is 4.98 Å². The molecule has 2 saturated heterocycles. The second-order valence-electron chi connectivity index (χ2n) is 7.37. The maximum Gasteiger partial charge on any atom is 0.254 e. The molecule has 0 saturated carbocycles. The summed E-state index contributed by atoms with van der Waals surface area (Å²) in [6.07, 6.45) is 5.77. The highest BCUT2D eigenvalue weighted by Crippen LogP contribution is 2.32. The first-order chi connectivity index (χ1) is 12.7. The number of likely N-dealkylation sites (tertiary alicyclic amines) is 2. The molecule has 0 bridgehead atoms. The van der Waals surface area contributed by atoms with Gasteiger partial charge in [-0.1, -0.05) is 23.7 Å². The summed E-state index contributed by atoms with van der Waals surface area (Å²) in [6.45, 7) is 5.87. The van der Waals surface area contributed by atoms with Gasteiger partial charge in [0.1, 0.15) is 6.04 Å². The van der Waals surface area contributed by atoms with Gasteiger partial charge in [0.05, 0.1) is 0 Å². The number of benzene rings is 1. The van der Waals surface area contributed by atoms with Gasteiger partial charge < -0.3 is 9.42 Å². The molecule has 4 rings (SSSR count). The molecule has 2 aliphatic rings. The van der Waals surface area contributed by atoms with Crippen LogP contribution in [0.1, 0.15) is 65.8 Å². The molecule has 1 atom stereocenters. The molecule has 2 fully saturated rings. The summed E-state index contributed by atoms with van der Waals surface area (Å²) < 4.78 is 5.31. The minimum atomic E-state index is -0.100. The van der Waals surface area contributed by atoms with Crippen molar-refractivity contribution in [2.24, 2.45) is 0 Å². The Hall–Kier alpha value is -2.21. The Morgan fingerprint density at radius 2 is 1.88 bits per heavy atom. The monoisotopic (exact) mass is 354 g/mol. The van der Waals surface area contributed by atoms with Crippen molar-refractivity contribution in [3.63, 3.8) is 0 Å². The van der Waals surface area contributed by atoms with Crippen LogP contribution in [0.4, 0.5) is 0 Å². The first-order valence-electron chi connectivity index (χ1n) is 9.63. The Balaban J connectivity index is 1.43. The Morgan fingerprint density at radius 3 is 2.58 bits per heavy atom. The van der Waals surface area contributed by atoms with Crippen LogP contribution < -0.4 is 0 Å². The van der Waals surface area contributed by atoms with Gasteiger partial charge in [-0.15, -0.1) is 0 Å². The number of piperidine rings is 1. The maximum absolute atomic E-state index is 13.0. The second kappa shape index (κ2) is 7.58. The molecule has 0 N–H and O–H groups in total. The quantitative estimate of drug-likeness (QED) is 0.843. The fourth-order valence-electron chi connectivity index (χ4n) is 4.01. The molecule has 1 aromatic carbocycles. The molecule has 0 aliphatic carbocycles. The fraction of sp³-hybridized carbons (Fsp3) is 0.550. The van der Waals surface area contributed by atoms with Crippen LogP contribution in [-0.2, 0) is 6.54 Å². The predicted molar refractivity (Wildman–Crippen MR) is 97.6 cm³/mol. The third-order valence-corrected chi connectivity index (χ3v) is 5.40. The average molecular weight is 354 g/mol. The molecule has 2 aliphatic heterocycles. The van der Waals surface area contributed by atoms with Crippen molar-refractivity contribution >= 4 is 5.91 Å². The Kier molecular flexibility index (Phi) is 5.02. The number of aryl methyl sites for hydroxylation is 1. The van der Waals surface area contributed by atoms with E-state index in [2.05, 4.69) is 27.2 Å². The van der Waals surface area contributed by atoms with E-state index in [1.807, 2.05) is 17.0 Å². The Morgan fingerprint density at radius 1 is 1.12 bits per heavy atom. The normalized spacial score (nSPS) is 21.3. The summed E-state index contributed by atoms with van der Waals surface area (Å²) in [4.78, 5) is 21.6. The fourth-order valence-corrected chi connectivity index (χ4v) is 4.01. The van der Waals surface area contributed by atoms with Gasteiger partial charge in [0.15, 0.2) is 5.82 Å². The van der Waals surface area contributed by atoms with Crippen molar-refractivity contribution in [2.75, 3.05) is 19.6 Å². The van der Waals surface area contributed by atoms with E-state index < -0.39 is 0 Å². The van der Waals surface area contributed by atoms with Crippen LogP contribution in [0.2, 0.25) is 0 Å². The minimum absolute atomic E-state index is 0.0490. The van der Waals surface area contributed by atoms with E-state index in [1.165, 1.54) is 37.9 Å². The van der Waals surface area contributed by atoms with Crippen LogP contribution in [0.25, 0.3) is 0 Å². The van der Waals surface area contributed by atoms with Crippen LogP contribution in [0.15, 0.2) is 28.8 Å². The number of nitrogens with zero attached hydrogens (tertiary/aromatic N) is 4. The number of hydrogen-bond donors (Lipinski definition) is 0. The van der Waals surface area contributed by atoms with E-state index >= 15 is 0 Å². The lowest BCUT2D eigenvalue weighted by Gasteiger charge is -2.26. The van der Waals surface area contributed by atoms with Gasteiger partial charge in [0, 0.05) is 18.7 Å². The maximum atomic E-state index is 13.0. The van der Waals surface area contributed by atoms with E-state index in [4.69, 9.17) is 4.52 Å². The number of aromatic nitrogens is 2. The zero-order chi connectivity index (χ0) is 17.9. The van der Waals surface area contributed by atoms with Crippen LogP contribution in [0.3, 0.4) is 0 Å². The van der Waals surface area contributed by atoms with Gasteiger partial charge in [0.2, 0.25) is 5.89 Å². The molecule has 26 heavy (non-hydrogen) atoms. The zero-order valence-corrected chi connectivity index (χ0v) is 15.4. The lowest BCUT2D eigenvalue weighted by molar-refractivity contribution is 0.0710. The zero-order valence-electron chi connectivity index (χ0n) is 15.4. The largest absolute Gasteiger partial charge is 0.337 e. The standard InChI is InChI=1S/C20H26N4O2/c1-15-21-19(26-22-15)18-6-5-13-24(18)20(25)17-9-7-16(8-10-17)14-23-11-3-2-4-12-23/h7-10,18H,2-6,11-14H2,1H3/t18-/m0/s1. The van der Waals surface area contributed by atoms with Crippen LogP contribution in [0.5, 0.6) is 0 Å². The average Bonchev–Trinajstić information content (AvgIpc) is 3.31. The second-order valence-corrected chi connectivity index (χ2v) is 7.37. The third kappa shape index (κ3) is 3.65. The Labute approximate surface area is 154 Å². The van der Waals surface area contributed by atoms with Gasteiger partial charge >= 0.3 is 0 Å². The van der Waals surface area contributed by atoms with Crippen molar-refractivity contribution < 1.29 is 9.32 Å². The summed E-state index contributed by atoms with van der Waals surface area (Å²) in [5, 5.41) is 3.87. The molecule has 6 heteroatoms. The molecule has 138 valence electrons. The van der Waals surface area contributed by atoms with Crippen molar-refractivity contribution in [3.8, 4) is 0 Å². The van der Waals surface area contributed by atoms with E-state index in [-0.39, 0.29) is 11.9 Å². The van der Waals surface area contributed by atoms with Gasteiger partial charge in [-0.25, -0.2) is 0 Å². The summed E-state index contributed by atoms with van der Waals surface area (Å²) >= 11 is 0. The molecule has 1 amide bonds. The smallest absolute Gasteiger partial charge is 0.254 e. The summed E-state index contributed by atoms with van der Waals surface area (Å²) in [5.74, 6) is 1.21. The van der Waals surface area contributed by atoms with Gasteiger partial charge in [-0.05, 0) is 63.4 Å². The van der Waals surface area contributed by atoms with Crippen LogP contribution in [0, 0.1) is 6.92 Å². The van der Waals surface area contributed by atoms with Crippen molar-refractivity contribution in [2.45, 2.75) is 51.6 Å². The number of rotatable bonds is 4. The number of carbonyl (C=O) groups excluding carboxylic acids is 1. The molecule has 0 unspecified atom stereocenters. The highest BCUT2D eigenvalue weighted by molar-refractivity contribution is 5.94. The predicted octanol–water partition coefficient (Wildman–Crippen LogP) is 3.34. The summed E-state index contributed by atoms with van der Waals surface area (Å²) in [7, 11) is 0. The van der Waals surface area contributed by atoms with E-state index in [0.29, 0.717) is 11.7 Å². The molecule has 2 aromatic rings. The van der Waals surface area contributed by atoms with Crippen LogP contribution in [-0.4, -0.2) is 45.5 Å². The minimum Gasteiger partial charge on any atom is -0.337 e. The van der Waals surface area contributed by atoms with Crippen molar-refractivity contribution in [1.29, 1.82) is 0 Å². The highest BCUT2D eigenvalue weighted by Gasteiger charge is 2.34. The highest BCUT2D eigenvalue weighted by atomic mass is 16.5. The lowest BCUT2D eigenvalue weighted by atomic mass is 10.1. The van der Waals surface area contributed by atoms with E-state index in [0.717, 1.165) is 31.5 Å². The number of carbonyl (C=O) groups is 1. The topological polar surface area (TPSA) is 62.5 Å². The first kappa shape index (κ1) is 17.2.